The van der Waals surface area contributed by atoms with Crippen LogP contribution in [-0.2, 0) is 10.5 Å². The highest BCUT2D eigenvalue weighted by Crippen LogP contribution is 2.28. The van der Waals surface area contributed by atoms with E-state index in [9.17, 15) is 4.79 Å². The summed E-state index contributed by atoms with van der Waals surface area (Å²) in [5.41, 5.74) is 0.623. The minimum absolute atomic E-state index is 0.134. The van der Waals surface area contributed by atoms with Crippen molar-refractivity contribution in [2.45, 2.75) is 63.7 Å². The molecule has 2 aromatic rings. The Balaban J connectivity index is 2.04. The van der Waals surface area contributed by atoms with Gasteiger partial charge in [0.05, 0.1) is 0 Å². The number of amides is 1. The molecule has 1 aromatic heterocycles. The van der Waals surface area contributed by atoms with Crippen LogP contribution in [0.25, 0.3) is 0 Å². The molecule has 0 bridgehead atoms. The molecule has 0 aliphatic heterocycles. The fourth-order valence-electron chi connectivity index (χ4n) is 2.24. The van der Waals surface area contributed by atoms with Crippen molar-refractivity contribution in [3.8, 4) is 0 Å². The minimum atomic E-state index is -0.560. The zero-order chi connectivity index (χ0) is 19.2. The van der Waals surface area contributed by atoms with Crippen LogP contribution in [0.1, 0.15) is 58.5 Å². The van der Waals surface area contributed by atoms with Crippen molar-refractivity contribution in [3.63, 3.8) is 0 Å². The molecule has 0 aliphatic rings. The van der Waals surface area contributed by atoms with Crippen LogP contribution in [0.5, 0.6) is 0 Å². The summed E-state index contributed by atoms with van der Waals surface area (Å²) >= 11 is 1.48. The Kier molecular flexibility index (Phi) is 7.08. The summed E-state index contributed by atoms with van der Waals surface area (Å²) in [6, 6.07) is 9.70. The van der Waals surface area contributed by atoms with Gasteiger partial charge in [0.1, 0.15) is 11.6 Å². The number of thioether (sulfide) groups is 1. The van der Waals surface area contributed by atoms with E-state index in [0.29, 0.717) is 11.1 Å². The number of nitrogens with zero attached hydrogens (tertiary/aromatic N) is 2. The van der Waals surface area contributed by atoms with Gasteiger partial charge in [0.2, 0.25) is 5.89 Å². The first-order valence-corrected chi connectivity index (χ1v) is 9.76. The molecule has 7 heteroatoms. The van der Waals surface area contributed by atoms with E-state index in [-0.39, 0.29) is 12.0 Å². The van der Waals surface area contributed by atoms with Crippen molar-refractivity contribution >= 4 is 17.9 Å². The first-order valence-electron chi connectivity index (χ1n) is 8.78. The van der Waals surface area contributed by atoms with Crippen molar-refractivity contribution in [1.82, 2.24) is 15.5 Å². The lowest BCUT2D eigenvalue weighted by Gasteiger charge is -2.24. The fraction of sp³-hybridized carbons (Fsp3) is 0.526. The molecule has 0 fully saturated rings. The molecule has 1 heterocycles. The van der Waals surface area contributed by atoms with Gasteiger partial charge in [0.25, 0.3) is 5.22 Å². The summed E-state index contributed by atoms with van der Waals surface area (Å²) in [4.78, 5) is 12.2. The molecular weight excluding hydrogens is 350 g/mol. The van der Waals surface area contributed by atoms with E-state index in [0.717, 1.165) is 12.2 Å². The van der Waals surface area contributed by atoms with Crippen LogP contribution in [0.3, 0.4) is 0 Å². The lowest BCUT2D eigenvalue weighted by molar-refractivity contribution is 0.0474. The number of hydrogen-bond acceptors (Lipinski definition) is 6. The van der Waals surface area contributed by atoms with Gasteiger partial charge in [-0.3, -0.25) is 0 Å². The summed E-state index contributed by atoms with van der Waals surface area (Å²) < 4.78 is 11.1. The molecular formula is C19H27N3O3S. The molecule has 0 saturated heterocycles. The Hall–Kier alpha value is -2.02. The number of aromatic nitrogens is 2. The van der Waals surface area contributed by atoms with Crippen LogP contribution in [0.15, 0.2) is 40.0 Å². The Labute approximate surface area is 159 Å². The lowest BCUT2D eigenvalue weighted by Crippen LogP contribution is -2.37. The third-order valence-electron chi connectivity index (χ3n) is 3.78. The maximum atomic E-state index is 12.2. The second-order valence-electron chi connectivity index (χ2n) is 7.19. The monoisotopic (exact) mass is 377 g/mol. The Morgan fingerprint density at radius 3 is 2.58 bits per heavy atom. The predicted molar refractivity (Wildman–Crippen MR) is 102 cm³/mol. The normalized spacial score (nSPS) is 13.9. The van der Waals surface area contributed by atoms with E-state index in [1.807, 2.05) is 45.9 Å². The van der Waals surface area contributed by atoms with Gasteiger partial charge in [-0.1, -0.05) is 62.4 Å². The maximum Gasteiger partial charge on any atom is 0.408 e. The molecule has 0 spiro atoms. The Morgan fingerprint density at radius 1 is 1.27 bits per heavy atom. The second kappa shape index (κ2) is 9.07. The Morgan fingerprint density at radius 2 is 1.96 bits per heavy atom. The van der Waals surface area contributed by atoms with Gasteiger partial charge in [-0.15, -0.1) is 10.2 Å². The SMILES string of the molecule is CC[C@@H](C)[C@H](NC(=O)OC(C)(C)C)c1nnc(SCc2ccccc2)o1. The maximum absolute atomic E-state index is 12.2. The minimum Gasteiger partial charge on any atom is -0.444 e. The van der Waals surface area contributed by atoms with E-state index < -0.39 is 11.7 Å². The van der Waals surface area contributed by atoms with Gasteiger partial charge in [-0.05, 0) is 32.3 Å². The molecule has 2 rings (SSSR count). The lowest BCUT2D eigenvalue weighted by atomic mass is 9.99. The van der Waals surface area contributed by atoms with Crippen molar-refractivity contribution in [3.05, 3.63) is 41.8 Å². The molecule has 1 aromatic carbocycles. The average molecular weight is 378 g/mol. The number of rotatable bonds is 7. The first-order chi connectivity index (χ1) is 12.3. The van der Waals surface area contributed by atoms with Gasteiger partial charge >= 0.3 is 6.09 Å². The summed E-state index contributed by atoms with van der Waals surface area (Å²) in [6.07, 6.45) is 0.370. The predicted octanol–water partition coefficient (Wildman–Crippen LogP) is 4.97. The molecule has 26 heavy (non-hydrogen) atoms. The third kappa shape index (κ3) is 6.37. The van der Waals surface area contributed by atoms with Crippen molar-refractivity contribution in [1.29, 1.82) is 0 Å². The molecule has 0 radical (unpaired) electrons. The van der Waals surface area contributed by atoms with Gasteiger partial charge in [-0.2, -0.15) is 0 Å². The number of nitrogens with one attached hydrogen (secondary N) is 1. The van der Waals surface area contributed by atoms with Crippen LogP contribution in [0, 0.1) is 5.92 Å². The highest BCUT2D eigenvalue weighted by molar-refractivity contribution is 7.98. The van der Waals surface area contributed by atoms with Crippen LogP contribution in [-0.4, -0.2) is 21.9 Å². The smallest absolute Gasteiger partial charge is 0.408 e. The molecule has 0 unspecified atom stereocenters. The molecule has 6 nitrogen and oxygen atoms in total. The van der Waals surface area contributed by atoms with Crippen LogP contribution >= 0.6 is 11.8 Å². The highest BCUT2D eigenvalue weighted by Gasteiger charge is 2.28. The van der Waals surface area contributed by atoms with E-state index in [1.54, 1.807) is 0 Å². The summed E-state index contributed by atoms with van der Waals surface area (Å²) in [7, 11) is 0. The number of alkyl carbamates (subject to hydrolysis) is 1. The fourth-order valence-corrected chi connectivity index (χ4v) is 2.97. The van der Waals surface area contributed by atoms with Gasteiger partial charge in [-0.25, -0.2) is 4.79 Å². The van der Waals surface area contributed by atoms with Gasteiger partial charge < -0.3 is 14.5 Å². The van der Waals surface area contributed by atoms with Crippen LogP contribution in [0.4, 0.5) is 4.79 Å². The van der Waals surface area contributed by atoms with Crippen molar-refractivity contribution < 1.29 is 13.9 Å². The van der Waals surface area contributed by atoms with Gasteiger partial charge in [0, 0.05) is 5.75 Å². The molecule has 1 N–H and O–H groups in total. The number of hydrogen-bond donors (Lipinski definition) is 1. The van der Waals surface area contributed by atoms with Gasteiger partial charge in [0.15, 0.2) is 0 Å². The molecule has 0 saturated carbocycles. The number of carbonyl (C=O) groups excluding carboxylic acids is 1. The first kappa shape index (κ1) is 20.3. The number of ether oxygens (including phenoxy) is 1. The Bertz CT molecular complexity index is 698. The van der Waals surface area contributed by atoms with E-state index in [4.69, 9.17) is 9.15 Å². The zero-order valence-electron chi connectivity index (χ0n) is 16.0. The van der Waals surface area contributed by atoms with Crippen LogP contribution in [0.2, 0.25) is 0 Å². The number of carbonyl (C=O) groups is 1. The summed E-state index contributed by atoms with van der Waals surface area (Å²) in [5, 5.41) is 11.6. The molecule has 1 amide bonds. The second-order valence-corrected chi connectivity index (χ2v) is 8.12. The summed E-state index contributed by atoms with van der Waals surface area (Å²) in [6.45, 7) is 9.57. The summed E-state index contributed by atoms with van der Waals surface area (Å²) in [5.74, 6) is 1.28. The highest BCUT2D eigenvalue weighted by atomic mass is 32.2. The number of benzene rings is 1. The average Bonchev–Trinajstić information content (AvgIpc) is 3.05. The zero-order valence-corrected chi connectivity index (χ0v) is 16.8. The largest absolute Gasteiger partial charge is 0.444 e. The molecule has 0 aliphatic carbocycles. The molecule has 142 valence electrons. The standard InChI is InChI=1S/C19H27N3O3S/c1-6-13(2)15(20-17(23)25-19(3,4)5)16-21-22-18(24-16)26-12-14-10-8-7-9-11-14/h7-11,13,15H,6,12H2,1-5H3,(H,20,23)/t13-,15+/m1/s1. The van der Waals surface area contributed by atoms with E-state index in [1.165, 1.54) is 17.3 Å². The topological polar surface area (TPSA) is 77.2 Å². The molecule has 2 atom stereocenters. The van der Waals surface area contributed by atoms with Crippen LogP contribution < -0.4 is 5.32 Å². The van der Waals surface area contributed by atoms with Crippen molar-refractivity contribution in [2.75, 3.05) is 0 Å². The third-order valence-corrected chi connectivity index (χ3v) is 4.67. The quantitative estimate of drug-likeness (QED) is 0.686. The van der Waals surface area contributed by atoms with E-state index >= 15 is 0 Å². The van der Waals surface area contributed by atoms with Crippen molar-refractivity contribution in [2.24, 2.45) is 5.92 Å². The van der Waals surface area contributed by atoms with E-state index in [2.05, 4.69) is 34.6 Å².